The molecule has 1 atom stereocenters. The quantitative estimate of drug-likeness (QED) is 0.741. The van der Waals surface area contributed by atoms with E-state index in [1.54, 1.807) is 0 Å². The fourth-order valence-corrected chi connectivity index (χ4v) is 3.18. The van der Waals surface area contributed by atoms with Crippen molar-refractivity contribution < 1.29 is 9.53 Å². The fraction of sp³-hybridized carbons (Fsp3) is 0.450. The molecule has 0 spiro atoms. The summed E-state index contributed by atoms with van der Waals surface area (Å²) in [7, 11) is 0. The van der Waals surface area contributed by atoms with E-state index >= 15 is 0 Å². The predicted molar refractivity (Wildman–Crippen MR) is 105 cm³/mol. The summed E-state index contributed by atoms with van der Waals surface area (Å²) in [6.45, 7) is 3.48. The van der Waals surface area contributed by atoms with E-state index in [1.165, 1.54) is 18.2 Å². The molecule has 1 unspecified atom stereocenters. The van der Waals surface area contributed by atoms with Crippen LogP contribution in [-0.2, 0) is 4.79 Å². The number of ether oxygens (including phenoxy) is 1. The Morgan fingerprint density at radius 3 is 2.88 bits per heavy atom. The zero-order chi connectivity index (χ0) is 16.6. The van der Waals surface area contributed by atoms with E-state index in [2.05, 4.69) is 28.8 Å². The van der Waals surface area contributed by atoms with Crippen LogP contribution in [0.2, 0.25) is 0 Å². The summed E-state index contributed by atoms with van der Waals surface area (Å²) in [4.78, 5) is 11.9. The van der Waals surface area contributed by atoms with Crippen LogP contribution in [0, 0.1) is 5.92 Å². The maximum absolute atomic E-state index is 11.9. The van der Waals surface area contributed by atoms with E-state index < -0.39 is 0 Å². The van der Waals surface area contributed by atoms with Gasteiger partial charge in [-0.05, 0) is 49.7 Å². The smallest absolute Gasteiger partial charge is 0.220 e. The second kappa shape index (κ2) is 10.3. The highest BCUT2D eigenvalue weighted by molar-refractivity contribution is 5.88. The molecule has 1 heterocycles. The van der Waals surface area contributed by atoms with Gasteiger partial charge in [0.05, 0.1) is 6.61 Å². The molecular weight excluding hydrogens is 336 g/mol. The van der Waals surface area contributed by atoms with Crippen LogP contribution in [0.15, 0.2) is 42.5 Å². The highest BCUT2D eigenvalue weighted by Gasteiger charge is 2.13. The van der Waals surface area contributed by atoms with Crippen molar-refractivity contribution in [2.45, 2.75) is 25.7 Å². The molecule has 1 saturated heterocycles. The number of carbonyl (C=O) groups excluding carboxylic acids is 1. The molecule has 0 aromatic heterocycles. The number of carbonyl (C=O) groups is 1. The van der Waals surface area contributed by atoms with Crippen molar-refractivity contribution in [1.82, 2.24) is 10.6 Å². The Balaban J connectivity index is 0.00000225. The Morgan fingerprint density at radius 2 is 2.04 bits per heavy atom. The molecule has 25 heavy (non-hydrogen) atoms. The predicted octanol–water partition coefficient (Wildman–Crippen LogP) is 3.54. The number of rotatable bonds is 7. The van der Waals surface area contributed by atoms with Crippen molar-refractivity contribution in [1.29, 1.82) is 0 Å². The Bertz CT molecular complexity index is 666. The lowest BCUT2D eigenvalue weighted by molar-refractivity contribution is -0.121. The SMILES string of the molecule is Cl.O=C(CCCOc1cccc2ccccc12)NCC1CCCNC1. The molecule has 0 saturated carbocycles. The van der Waals surface area contributed by atoms with E-state index in [0.717, 1.165) is 37.2 Å². The molecule has 136 valence electrons. The lowest BCUT2D eigenvalue weighted by atomic mass is 10.00. The molecule has 1 fully saturated rings. The van der Waals surface area contributed by atoms with Crippen LogP contribution in [0.5, 0.6) is 5.75 Å². The molecular formula is C20H27ClN2O2. The van der Waals surface area contributed by atoms with Gasteiger partial charge in [-0.3, -0.25) is 4.79 Å². The number of nitrogens with one attached hydrogen (secondary N) is 2. The first-order valence-corrected chi connectivity index (χ1v) is 8.91. The summed E-state index contributed by atoms with van der Waals surface area (Å²) in [5.41, 5.74) is 0. The molecule has 1 aliphatic heterocycles. The molecule has 3 rings (SSSR count). The summed E-state index contributed by atoms with van der Waals surface area (Å²) in [6.07, 6.45) is 3.67. The Labute approximate surface area is 155 Å². The molecule has 4 nitrogen and oxygen atoms in total. The summed E-state index contributed by atoms with van der Waals surface area (Å²) < 4.78 is 5.87. The maximum Gasteiger partial charge on any atom is 0.220 e. The molecule has 2 N–H and O–H groups in total. The number of benzene rings is 2. The molecule has 5 heteroatoms. The van der Waals surface area contributed by atoms with Gasteiger partial charge in [0, 0.05) is 18.4 Å². The molecule has 1 amide bonds. The van der Waals surface area contributed by atoms with Crippen molar-refractivity contribution in [2.75, 3.05) is 26.2 Å². The van der Waals surface area contributed by atoms with Crippen molar-refractivity contribution >= 4 is 29.1 Å². The maximum atomic E-state index is 11.9. The zero-order valence-corrected chi connectivity index (χ0v) is 15.3. The number of amides is 1. The number of fused-ring (bicyclic) bond motifs is 1. The molecule has 2 aromatic carbocycles. The van der Waals surface area contributed by atoms with Gasteiger partial charge in [0.15, 0.2) is 0 Å². The van der Waals surface area contributed by atoms with E-state index in [4.69, 9.17) is 4.74 Å². The van der Waals surface area contributed by atoms with Crippen molar-refractivity contribution in [3.05, 3.63) is 42.5 Å². The molecule has 0 aliphatic carbocycles. The van der Waals surface area contributed by atoms with Gasteiger partial charge in [-0.15, -0.1) is 12.4 Å². The van der Waals surface area contributed by atoms with Crippen molar-refractivity contribution in [3.8, 4) is 5.75 Å². The Morgan fingerprint density at radius 1 is 1.20 bits per heavy atom. The number of hydrogen-bond donors (Lipinski definition) is 2. The zero-order valence-electron chi connectivity index (χ0n) is 14.5. The van der Waals surface area contributed by atoms with E-state index in [1.807, 2.05) is 24.3 Å². The lowest BCUT2D eigenvalue weighted by Crippen LogP contribution is -2.38. The van der Waals surface area contributed by atoms with Crippen LogP contribution in [0.25, 0.3) is 10.8 Å². The van der Waals surface area contributed by atoms with Crippen LogP contribution in [0.1, 0.15) is 25.7 Å². The molecule has 2 aromatic rings. The average molecular weight is 363 g/mol. The van der Waals surface area contributed by atoms with Crippen molar-refractivity contribution in [3.63, 3.8) is 0 Å². The highest BCUT2D eigenvalue weighted by atomic mass is 35.5. The average Bonchev–Trinajstić information content (AvgIpc) is 2.64. The standard InChI is InChI=1S/C20H26N2O2.ClH/c23-20(22-15-16-6-4-12-21-14-16)11-5-13-24-19-10-3-8-17-7-1-2-9-18(17)19;/h1-3,7-10,16,21H,4-6,11-15H2,(H,22,23);1H. The third-order valence-electron chi connectivity index (χ3n) is 4.54. The van der Waals surface area contributed by atoms with Gasteiger partial charge in [-0.25, -0.2) is 0 Å². The summed E-state index contributed by atoms with van der Waals surface area (Å²) in [5.74, 6) is 1.60. The first-order chi connectivity index (χ1) is 11.8. The normalized spacial score (nSPS) is 16.9. The van der Waals surface area contributed by atoms with E-state index in [9.17, 15) is 4.79 Å². The fourth-order valence-electron chi connectivity index (χ4n) is 3.18. The van der Waals surface area contributed by atoms with Gasteiger partial charge in [0.1, 0.15) is 5.75 Å². The first kappa shape index (κ1) is 19.5. The van der Waals surface area contributed by atoms with Crippen LogP contribution in [0.4, 0.5) is 0 Å². The lowest BCUT2D eigenvalue weighted by Gasteiger charge is -2.22. The van der Waals surface area contributed by atoms with E-state index in [-0.39, 0.29) is 18.3 Å². The van der Waals surface area contributed by atoms with Crippen LogP contribution in [0.3, 0.4) is 0 Å². The number of hydrogen-bond acceptors (Lipinski definition) is 3. The van der Waals surface area contributed by atoms with Gasteiger partial charge in [0.2, 0.25) is 5.91 Å². The van der Waals surface area contributed by atoms with Gasteiger partial charge in [0.25, 0.3) is 0 Å². The van der Waals surface area contributed by atoms with Gasteiger partial charge in [-0.1, -0.05) is 36.4 Å². The minimum atomic E-state index is 0. The second-order valence-corrected chi connectivity index (χ2v) is 6.45. The van der Waals surface area contributed by atoms with E-state index in [0.29, 0.717) is 18.9 Å². The summed E-state index contributed by atoms with van der Waals surface area (Å²) >= 11 is 0. The van der Waals surface area contributed by atoms with Crippen molar-refractivity contribution in [2.24, 2.45) is 5.92 Å². The largest absolute Gasteiger partial charge is 0.493 e. The van der Waals surface area contributed by atoms with Crippen LogP contribution in [-0.4, -0.2) is 32.1 Å². The highest BCUT2D eigenvalue weighted by Crippen LogP contribution is 2.25. The number of piperidine rings is 1. The van der Waals surface area contributed by atoms with Gasteiger partial charge >= 0.3 is 0 Å². The van der Waals surface area contributed by atoms with Crippen LogP contribution < -0.4 is 15.4 Å². The minimum Gasteiger partial charge on any atom is -0.493 e. The minimum absolute atomic E-state index is 0. The third-order valence-corrected chi connectivity index (χ3v) is 4.54. The van der Waals surface area contributed by atoms with Crippen LogP contribution >= 0.6 is 12.4 Å². The Hall–Kier alpha value is -1.78. The van der Waals surface area contributed by atoms with Gasteiger partial charge in [-0.2, -0.15) is 0 Å². The molecule has 0 bridgehead atoms. The summed E-state index contributed by atoms with van der Waals surface area (Å²) in [6, 6.07) is 14.3. The molecule has 0 radical (unpaired) electrons. The monoisotopic (exact) mass is 362 g/mol. The third kappa shape index (κ3) is 5.91. The molecule has 1 aliphatic rings. The first-order valence-electron chi connectivity index (χ1n) is 8.91. The Kier molecular flexibility index (Phi) is 8.02. The van der Waals surface area contributed by atoms with Gasteiger partial charge < -0.3 is 15.4 Å². The number of halogens is 1. The summed E-state index contributed by atoms with van der Waals surface area (Å²) in [5, 5.41) is 8.71. The second-order valence-electron chi connectivity index (χ2n) is 6.45. The topological polar surface area (TPSA) is 50.4 Å².